The first kappa shape index (κ1) is 12.6. The van der Waals surface area contributed by atoms with E-state index in [1.165, 1.54) is 44.1 Å². The predicted molar refractivity (Wildman–Crippen MR) is 69.8 cm³/mol. The van der Waals surface area contributed by atoms with E-state index in [4.69, 9.17) is 0 Å². The van der Waals surface area contributed by atoms with E-state index >= 15 is 0 Å². The van der Waals surface area contributed by atoms with Gasteiger partial charge in [0.15, 0.2) is 0 Å². The average Bonchev–Trinajstić information content (AvgIpc) is 3.14. The third-order valence-electron chi connectivity index (χ3n) is 3.52. The van der Waals surface area contributed by atoms with Gasteiger partial charge in [-0.3, -0.25) is 4.79 Å². The zero-order chi connectivity index (χ0) is 11.9. The van der Waals surface area contributed by atoms with Crippen molar-refractivity contribution in [1.29, 1.82) is 0 Å². The second-order valence-electron chi connectivity index (χ2n) is 5.19. The summed E-state index contributed by atoms with van der Waals surface area (Å²) in [5.74, 6) is 0.189. The minimum atomic E-state index is 0.189. The van der Waals surface area contributed by atoms with Crippen LogP contribution in [0.4, 0.5) is 0 Å². The Hall–Kier alpha value is -0.830. The molecule has 2 N–H and O–H groups in total. The molecule has 0 aliphatic heterocycles. The molecule has 0 aromatic rings. The highest BCUT2D eigenvalue weighted by Gasteiger charge is 2.19. The second kappa shape index (κ2) is 6.80. The van der Waals surface area contributed by atoms with Crippen molar-refractivity contribution in [3.63, 3.8) is 0 Å². The first-order chi connectivity index (χ1) is 8.34. The standard InChI is InChI=1S/C14H24N2O/c17-14(9-11-15-13-6-7-13)16-10-8-12-4-2-1-3-5-12/h4,13,15H,1-3,5-11H2,(H,16,17). The first-order valence-corrected chi connectivity index (χ1v) is 7.02. The summed E-state index contributed by atoms with van der Waals surface area (Å²) in [6.07, 6.45) is 11.7. The summed E-state index contributed by atoms with van der Waals surface area (Å²) in [7, 11) is 0. The molecule has 17 heavy (non-hydrogen) atoms. The topological polar surface area (TPSA) is 41.1 Å². The van der Waals surface area contributed by atoms with Crippen LogP contribution in [0.25, 0.3) is 0 Å². The molecule has 3 heteroatoms. The van der Waals surface area contributed by atoms with Gasteiger partial charge in [-0.15, -0.1) is 0 Å². The molecule has 1 amide bonds. The summed E-state index contributed by atoms with van der Waals surface area (Å²) in [6.45, 7) is 1.65. The highest BCUT2D eigenvalue weighted by molar-refractivity contribution is 5.76. The van der Waals surface area contributed by atoms with Crippen LogP contribution in [0.2, 0.25) is 0 Å². The van der Waals surface area contributed by atoms with E-state index in [1.807, 2.05) is 0 Å². The summed E-state index contributed by atoms with van der Waals surface area (Å²) in [5, 5.41) is 6.36. The van der Waals surface area contributed by atoms with Crippen LogP contribution in [-0.2, 0) is 4.79 Å². The summed E-state index contributed by atoms with van der Waals surface area (Å²) in [6, 6.07) is 0.704. The molecule has 2 rings (SSSR count). The van der Waals surface area contributed by atoms with E-state index in [9.17, 15) is 4.79 Å². The van der Waals surface area contributed by atoms with E-state index in [0.29, 0.717) is 12.5 Å². The van der Waals surface area contributed by atoms with E-state index < -0.39 is 0 Å². The zero-order valence-corrected chi connectivity index (χ0v) is 10.6. The van der Waals surface area contributed by atoms with Gasteiger partial charge in [-0.25, -0.2) is 0 Å². The average molecular weight is 236 g/mol. The van der Waals surface area contributed by atoms with E-state index in [0.717, 1.165) is 19.5 Å². The molecule has 0 aromatic heterocycles. The number of carbonyl (C=O) groups is 1. The van der Waals surface area contributed by atoms with Crippen LogP contribution in [0.1, 0.15) is 51.4 Å². The lowest BCUT2D eigenvalue weighted by atomic mass is 9.97. The number of hydrogen-bond acceptors (Lipinski definition) is 2. The van der Waals surface area contributed by atoms with Gasteiger partial charge >= 0.3 is 0 Å². The minimum absolute atomic E-state index is 0.189. The van der Waals surface area contributed by atoms with Gasteiger partial charge in [0.05, 0.1) is 0 Å². The zero-order valence-electron chi connectivity index (χ0n) is 10.6. The molecule has 1 fully saturated rings. The fourth-order valence-corrected chi connectivity index (χ4v) is 2.26. The van der Waals surface area contributed by atoms with Crippen LogP contribution in [0.15, 0.2) is 11.6 Å². The fraction of sp³-hybridized carbons (Fsp3) is 0.786. The third-order valence-corrected chi connectivity index (χ3v) is 3.52. The van der Waals surface area contributed by atoms with Crippen molar-refractivity contribution in [3.8, 4) is 0 Å². The minimum Gasteiger partial charge on any atom is -0.356 e. The SMILES string of the molecule is O=C(CCNC1CC1)NCCC1=CCCCC1. The molecule has 0 atom stereocenters. The van der Waals surface area contributed by atoms with Gasteiger partial charge in [0.25, 0.3) is 0 Å². The molecule has 0 saturated heterocycles. The number of rotatable bonds is 7. The maximum Gasteiger partial charge on any atom is 0.221 e. The van der Waals surface area contributed by atoms with Gasteiger partial charge in [0, 0.05) is 25.6 Å². The van der Waals surface area contributed by atoms with Crippen LogP contribution < -0.4 is 10.6 Å². The normalized spacial score (nSPS) is 19.9. The largest absolute Gasteiger partial charge is 0.356 e. The number of nitrogens with one attached hydrogen (secondary N) is 2. The van der Waals surface area contributed by atoms with Crippen molar-refractivity contribution < 1.29 is 4.79 Å². The highest BCUT2D eigenvalue weighted by atomic mass is 16.1. The van der Waals surface area contributed by atoms with E-state index in [-0.39, 0.29) is 5.91 Å². The smallest absolute Gasteiger partial charge is 0.221 e. The van der Waals surface area contributed by atoms with Crippen LogP contribution >= 0.6 is 0 Å². The van der Waals surface area contributed by atoms with Crippen molar-refractivity contribution in [2.45, 2.75) is 57.4 Å². The van der Waals surface area contributed by atoms with E-state index in [2.05, 4.69) is 16.7 Å². The fourth-order valence-electron chi connectivity index (χ4n) is 2.26. The van der Waals surface area contributed by atoms with Crippen molar-refractivity contribution in [3.05, 3.63) is 11.6 Å². The molecule has 0 spiro atoms. The lowest BCUT2D eigenvalue weighted by molar-refractivity contribution is -0.120. The Balaban J connectivity index is 1.48. The Morgan fingerprint density at radius 2 is 2.18 bits per heavy atom. The quantitative estimate of drug-likeness (QED) is 0.665. The molecule has 2 aliphatic carbocycles. The number of allylic oxidation sites excluding steroid dienone is 1. The third kappa shape index (κ3) is 5.35. The predicted octanol–water partition coefficient (Wildman–Crippen LogP) is 2.14. The van der Waals surface area contributed by atoms with Crippen LogP contribution in [0.5, 0.6) is 0 Å². The van der Waals surface area contributed by atoms with Gasteiger partial charge in [-0.2, -0.15) is 0 Å². The maximum absolute atomic E-state index is 11.5. The highest BCUT2D eigenvalue weighted by Crippen LogP contribution is 2.19. The monoisotopic (exact) mass is 236 g/mol. The molecular formula is C14H24N2O. The summed E-state index contributed by atoms with van der Waals surface area (Å²) < 4.78 is 0. The van der Waals surface area contributed by atoms with Gasteiger partial charge in [-0.05, 0) is 44.9 Å². The number of hydrogen-bond donors (Lipinski definition) is 2. The van der Waals surface area contributed by atoms with Crippen LogP contribution in [0.3, 0.4) is 0 Å². The van der Waals surface area contributed by atoms with Crippen LogP contribution in [-0.4, -0.2) is 25.0 Å². The second-order valence-corrected chi connectivity index (χ2v) is 5.19. The summed E-state index contributed by atoms with van der Waals surface area (Å²) in [4.78, 5) is 11.5. The molecule has 0 unspecified atom stereocenters. The Kier molecular flexibility index (Phi) is 5.05. The molecular weight excluding hydrogens is 212 g/mol. The van der Waals surface area contributed by atoms with Crippen LogP contribution in [0, 0.1) is 0 Å². The van der Waals surface area contributed by atoms with Crippen molar-refractivity contribution >= 4 is 5.91 Å². The van der Waals surface area contributed by atoms with E-state index in [1.54, 1.807) is 0 Å². The Morgan fingerprint density at radius 1 is 1.29 bits per heavy atom. The molecule has 96 valence electrons. The number of amides is 1. The summed E-state index contributed by atoms with van der Waals surface area (Å²) in [5.41, 5.74) is 1.53. The Labute approximate surface area is 104 Å². The maximum atomic E-state index is 11.5. The molecule has 3 nitrogen and oxygen atoms in total. The molecule has 1 saturated carbocycles. The van der Waals surface area contributed by atoms with Gasteiger partial charge < -0.3 is 10.6 Å². The first-order valence-electron chi connectivity index (χ1n) is 7.02. The molecule has 0 heterocycles. The number of carbonyl (C=O) groups excluding carboxylic acids is 1. The summed E-state index contributed by atoms with van der Waals surface area (Å²) >= 11 is 0. The van der Waals surface area contributed by atoms with Gasteiger partial charge in [0.1, 0.15) is 0 Å². The van der Waals surface area contributed by atoms with Gasteiger partial charge in [0.2, 0.25) is 5.91 Å². The van der Waals surface area contributed by atoms with Gasteiger partial charge in [-0.1, -0.05) is 11.6 Å². The lowest BCUT2D eigenvalue weighted by Crippen LogP contribution is -2.29. The van der Waals surface area contributed by atoms with Crippen molar-refractivity contribution in [2.24, 2.45) is 0 Å². The Morgan fingerprint density at radius 3 is 2.88 bits per heavy atom. The molecule has 0 bridgehead atoms. The lowest BCUT2D eigenvalue weighted by Gasteiger charge is -2.13. The molecule has 0 aromatic carbocycles. The molecule has 0 radical (unpaired) electrons. The van der Waals surface area contributed by atoms with Crippen molar-refractivity contribution in [1.82, 2.24) is 10.6 Å². The molecule has 2 aliphatic rings. The Bertz CT molecular complexity index is 282. The van der Waals surface area contributed by atoms with Crippen molar-refractivity contribution in [2.75, 3.05) is 13.1 Å².